The van der Waals surface area contributed by atoms with Crippen LogP contribution in [0.2, 0.25) is 0 Å². The molecule has 2 aromatic rings. The maximum atomic E-state index is 11.9. The summed E-state index contributed by atoms with van der Waals surface area (Å²) in [6.07, 6.45) is 0. The van der Waals surface area contributed by atoms with Gasteiger partial charge in [-0.2, -0.15) is 5.10 Å². The molecule has 2 N–H and O–H groups in total. The first-order valence-corrected chi connectivity index (χ1v) is 7.46. The molecular weight excluding hydrogens is 340 g/mol. The van der Waals surface area contributed by atoms with E-state index in [0.717, 1.165) is 0 Å². The average Bonchev–Trinajstić information content (AvgIpc) is 2.66. The summed E-state index contributed by atoms with van der Waals surface area (Å²) in [5, 5.41) is 16.9. The predicted molar refractivity (Wildman–Crippen MR) is 95.1 cm³/mol. The van der Waals surface area contributed by atoms with Gasteiger partial charge in [-0.1, -0.05) is 12.1 Å². The number of anilines is 1. The van der Waals surface area contributed by atoms with E-state index in [9.17, 15) is 19.7 Å². The number of methoxy groups -OCH3 is 1. The van der Waals surface area contributed by atoms with Crippen molar-refractivity contribution in [3.05, 3.63) is 64.2 Å². The van der Waals surface area contributed by atoms with Gasteiger partial charge >= 0.3 is 11.8 Å². The molecule has 134 valence electrons. The zero-order valence-electron chi connectivity index (χ0n) is 14.1. The second-order valence-corrected chi connectivity index (χ2v) is 5.10. The number of hydrogen-bond acceptors (Lipinski definition) is 6. The number of rotatable bonds is 5. The van der Waals surface area contributed by atoms with Gasteiger partial charge in [-0.05, 0) is 36.8 Å². The molecule has 0 saturated carbocycles. The summed E-state index contributed by atoms with van der Waals surface area (Å²) in [6, 6.07) is 12.3. The number of carbonyl (C=O) groups is 2. The largest absolute Gasteiger partial charge is 0.495 e. The van der Waals surface area contributed by atoms with Crippen LogP contribution < -0.4 is 15.5 Å². The highest BCUT2D eigenvalue weighted by molar-refractivity contribution is 6.39. The zero-order chi connectivity index (χ0) is 19.1. The lowest BCUT2D eigenvalue weighted by molar-refractivity contribution is -0.384. The minimum Gasteiger partial charge on any atom is -0.495 e. The molecule has 0 aliphatic rings. The van der Waals surface area contributed by atoms with Gasteiger partial charge in [-0.3, -0.25) is 19.7 Å². The Morgan fingerprint density at radius 3 is 2.35 bits per heavy atom. The number of amides is 2. The summed E-state index contributed by atoms with van der Waals surface area (Å²) < 4.78 is 5.09. The lowest BCUT2D eigenvalue weighted by Crippen LogP contribution is -2.33. The van der Waals surface area contributed by atoms with Crippen molar-refractivity contribution >= 4 is 28.9 Å². The topological polar surface area (TPSA) is 123 Å². The fourth-order valence-electron chi connectivity index (χ4n) is 2.00. The smallest absolute Gasteiger partial charge is 0.329 e. The van der Waals surface area contributed by atoms with E-state index in [1.807, 2.05) is 0 Å². The summed E-state index contributed by atoms with van der Waals surface area (Å²) in [7, 11) is 1.45. The number of hydrogen-bond donors (Lipinski definition) is 2. The van der Waals surface area contributed by atoms with Crippen LogP contribution in [0.5, 0.6) is 5.75 Å². The minimum absolute atomic E-state index is 0.0539. The summed E-state index contributed by atoms with van der Waals surface area (Å²) in [6.45, 7) is 1.60. The van der Waals surface area contributed by atoms with Gasteiger partial charge in [0.25, 0.3) is 5.69 Å². The first kappa shape index (κ1) is 18.6. The number of non-ortho nitro benzene ring substituents is 1. The number of para-hydroxylation sites is 2. The van der Waals surface area contributed by atoms with E-state index in [0.29, 0.717) is 22.7 Å². The van der Waals surface area contributed by atoms with Gasteiger partial charge in [-0.15, -0.1) is 0 Å². The summed E-state index contributed by atoms with van der Waals surface area (Å²) in [5.41, 5.74) is 3.39. The lowest BCUT2D eigenvalue weighted by atomic mass is 10.1. The van der Waals surface area contributed by atoms with Crippen LogP contribution in [0.4, 0.5) is 11.4 Å². The van der Waals surface area contributed by atoms with Crippen LogP contribution in [-0.4, -0.2) is 29.6 Å². The van der Waals surface area contributed by atoms with Crippen molar-refractivity contribution in [2.24, 2.45) is 5.10 Å². The third-order valence-corrected chi connectivity index (χ3v) is 3.38. The number of nitrogens with one attached hydrogen (secondary N) is 2. The number of carbonyl (C=O) groups excluding carboxylic acids is 2. The van der Waals surface area contributed by atoms with Crippen molar-refractivity contribution in [1.82, 2.24) is 5.43 Å². The maximum absolute atomic E-state index is 11.9. The molecule has 9 heteroatoms. The van der Waals surface area contributed by atoms with Crippen LogP contribution in [0.3, 0.4) is 0 Å². The number of nitro benzene ring substituents is 1. The van der Waals surface area contributed by atoms with Crippen molar-refractivity contribution in [2.45, 2.75) is 6.92 Å². The first-order valence-electron chi connectivity index (χ1n) is 7.46. The molecule has 0 unspecified atom stereocenters. The fraction of sp³-hybridized carbons (Fsp3) is 0.118. The molecule has 0 radical (unpaired) electrons. The Balaban J connectivity index is 2.00. The van der Waals surface area contributed by atoms with Crippen molar-refractivity contribution in [1.29, 1.82) is 0 Å². The average molecular weight is 356 g/mol. The molecule has 2 aromatic carbocycles. The number of nitro groups is 1. The molecule has 0 aliphatic heterocycles. The summed E-state index contributed by atoms with van der Waals surface area (Å²) in [4.78, 5) is 33.9. The van der Waals surface area contributed by atoms with E-state index in [1.165, 1.54) is 31.4 Å². The second-order valence-electron chi connectivity index (χ2n) is 5.10. The molecule has 0 aliphatic carbocycles. The van der Waals surface area contributed by atoms with Crippen LogP contribution in [-0.2, 0) is 9.59 Å². The van der Waals surface area contributed by atoms with Gasteiger partial charge < -0.3 is 10.1 Å². The Morgan fingerprint density at radius 1 is 1.08 bits per heavy atom. The predicted octanol–water partition coefficient (Wildman–Crippen LogP) is 2.08. The van der Waals surface area contributed by atoms with Gasteiger partial charge in [0.05, 0.1) is 23.4 Å². The molecular formula is C17H16N4O5. The first-order chi connectivity index (χ1) is 12.4. The number of hydrazone groups is 1. The highest BCUT2D eigenvalue weighted by Gasteiger charge is 2.15. The van der Waals surface area contributed by atoms with Gasteiger partial charge in [0.15, 0.2) is 0 Å². The number of nitrogens with zero attached hydrogens (tertiary/aromatic N) is 2. The van der Waals surface area contributed by atoms with E-state index in [1.54, 1.807) is 31.2 Å². The standard InChI is InChI=1S/C17H16N4O5/c1-11(12-7-9-13(10-8-12)21(24)25)19-20-17(23)16(22)18-14-5-3-4-6-15(14)26-2/h3-10H,1-2H3,(H,18,22)(H,20,23)/b19-11+. The van der Waals surface area contributed by atoms with Crippen LogP contribution in [0.25, 0.3) is 0 Å². The normalized spacial score (nSPS) is 10.8. The van der Waals surface area contributed by atoms with Crippen molar-refractivity contribution in [3.8, 4) is 5.75 Å². The molecule has 0 spiro atoms. The zero-order valence-corrected chi connectivity index (χ0v) is 14.1. The van der Waals surface area contributed by atoms with E-state index < -0.39 is 16.7 Å². The van der Waals surface area contributed by atoms with Crippen LogP contribution in [0.1, 0.15) is 12.5 Å². The Kier molecular flexibility index (Phi) is 5.99. The summed E-state index contributed by atoms with van der Waals surface area (Å²) >= 11 is 0. The quantitative estimate of drug-likeness (QED) is 0.367. The Hall–Kier alpha value is -3.75. The highest BCUT2D eigenvalue weighted by atomic mass is 16.6. The van der Waals surface area contributed by atoms with Crippen LogP contribution in [0, 0.1) is 10.1 Å². The lowest BCUT2D eigenvalue weighted by Gasteiger charge is -2.09. The fourth-order valence-corrected chi connectivity index (χ4v) is 2.00. The molecule has 2 amide bonds. The third kappa shape index (κ3) is 4.63. The van der Waals surface area contributed by atoms with Gasteiger partial charge in [-0.25, -0.2) is 5.43 Å². The van der Waals surface area contributed by atoms with Gasteiger partial charge in [0.1, 0.15) is 5.75 Å². The SMILES string of the molecule is COc1ccccc1NC(=O)C(=O)N/N=C(\C)c1ccc([N+](=O)[O-])cc1. The molecule has 0 atom stereocenters. The monoisotopic (exact) mass is 356 g/mol. The van der Waals surface area contributed by atoms with Crippen LogP contribution >= 0.6 is 0 Å². The van der Waals surface area contributed by atoms with Crippen molar-refractivity contribution in [2.75, 3.05) is 12.4 Å². The Morgan fingerprint density at radius 2 is 1.73 bits per heavy atom. The third-order valence-electron chi connectivity index (χ3n) is 3.38. The molecule has 0 saturated heterocycles. The van der Waals surface area contributed by atoms with E-state index in [2.05, 4.69) is 15.8 Å². The Labute approximate surface area is 148 Å². The minimum atomic E-state index is -0.961. The van der Waals surface area contributed by atoms with E-state index in [-0.39, 0.29) is 5.69 Å². The van der Waals surface area contributed by atoms with E-state index >= 15 is 0 Å². The van der Waals surface area contributed by atoms with Crippen molar-refractivity contribution in [3.63, 3.8) is 0 Å². The van der Waals surface area contributed by atoms with E-state index in [4.69, 9.17) is 4.74 Å². The molecule has 0 heterocycles. The molecule has 9 nitrogen and oxygen atoms in total. The van der Waals surface area contributed by atoms with Gasteiger partial charge in [0.2, 0.25) is 0 Å². The number of benzene rings is 2. The summed E-state index contributed by atoms with van der Waals surface area (Å²) in [5.74, 6) is -1.45. The molecule has 0 bridgehead atoms. The van der Waals surface area contributed by atoms with Gasteiger partial charge in [0, 0.05) is 12.1 Å². The molecule has 0 fully saturated rings. The molecule has 0 aromatic heterocycles. The maximum Gasteiger partial charge on any atom is 0.329 e. The Bertz CT molecular complexity index is 862. The van der Waals surface area contributed by atoms with Crippen molar-refractivity contribution < 1.29 is 19.2 Å². The molecule has 2 rings (SSSR count). The molecule has 26 heavy (non-hydrogen) atoms. The van der Waals surface area contributed by atoms with Crippen LogP contribution in [0.15, 0.2) is 53.6 Å². The number of ether oxygens (including phenoxy) is 1. The highest BCUT2D eigenvalue weighted by Crippen LogP contribution is 2.22. The second kappa shape index (κ2) is 8.38.